The lowest BCUT2D eigenvalue weighted by Crippen LogP contribution is -2.04. The summed E-state index contributed by atoms with van der Waals surface area (Å²) >= 11 is 3.41. The fourth-order valence-corrected chi connectivity index (χ4v) is 2.25. The number of hydrogen-bond acceptors (Lipinski definition) is 3. The molecule has 0 radical (unpaired) electrons. The van der Waals surface area contributed by atoms with Gasteiger partial charge in [0.05, 0.1) is 17.4 Å². The Morgan fingerprint density at radius 1 is 1.47 bits per heavy atom. The molecule has 19 heavy (non-hydrogen) atoms. The van der Waals surface area contributed by atoms with Crippen LogP contribution >= 0.6 is 15.9 Å². The molecule has 1 aromatic heterocycles. The molecule has 0 aliphatic heterocycles. The van der Waals surface area contributed by atoms with E-state index in [2.05, 4.69) is 37.5 Å². The highest BCUT2D eigenvalue weighted by molar-refractivity contribution is 9.10. The molecule has 2 aromatic rings. The van der Waals surface area contributed by atoms with Crippen molar-refractivity contribution in [1.82, 2.24) is 10.2 Å². The zero-order valence-corrected chi connectivity index (χ0v) is 12.3. The Kier molecular flexibility index (Phi) is 4.58. The molecule has 5 heteroatoms. The number of rotatable bonds is 5. The third-order valence-electron chi connectivity index (χ3n) is 2.97. The van der Waals surface area contributed by atoms with Crippen LogP contribution in [0.4, 0.5) is 5.69 Å². The monoisotopic (exact) mass is 318 g/mol. The van der Waals surface area contributed by atoms with Gasteiger partial charge in [0.25, 0.3) is 0 Å². The zero-order chi connectivity index (χ0) is 13.7. The maximum atomic E-state index is 9.03. The molecule has 1 aromatic carbocycles. The van der Waals surface area contributed by atoms with Crippen molar-refractivity contribution in [3.05, 3.63) is 45.7 Å². The van der Waals surface area contributed by atoms with Gasteiger partial charge in [0.15, 0.2) is 0 Å². The van der Waals surface area contributed by atoms with E-state index in [1.807, 2.05) is 31.3 Å². The van der Waals surface area contributed by atoms with Gasteiger partial charge in [0.1, 0.15) is 6.07 Å². The SMILES string of the molecule is Cc1[nH]ncc1CCCNc1cc(Br)ccc1C#N. The van der Waals surface area contributed by atoms with Crippen LogP contribution in [0.15, 0.2) is 28.9 Å². The lowest BCUT2D eigenvalue weighted by molar-refractivity contribution is 0.857. The van der Waals surface area contributed by atoms with E-state index in [1.165, 1.54) is 5.56 Å². The molecule has 0 saturated heterocycles. The summed E-state index contributed by atoms with van der Waals surface area (Å²) in [7, 11) is 0. The van der Waals surface area contributed by atoms with Gasteiger partial charge < -0.3 is 5.32 Å². The van der Waals surface area contributed by atoms with Crippen molar-refractivity contribution in [2.24, 2.45) is 0 Å². The lowest BCUT2D eigenvalue weighted by Gasteiger charge is -2.08. The summed E-state index contributed by atoms with van der Waals surface area (Å²) in [6.07, 6.45) is 3.85. The van der Waals surface area contributed by atoms with Gasteiger partial charge in [-0.3, -0.25) is 5.10 Å². The molecule has 0 amide bonds. The van der Waals surface area contributed by atoms with Gasteiger partial charge >= 0.3 is 0 Å². The highest BCUT2D eigenvalue weighted by atomic mass is 79.9. The predicted octanol–water partition coefficient (Wildman–Crippen LogP) is 3.40. The summed E-state index contributed by atoms with van der Waals surface area (Å²) in [6.45, 7) is 2.85. The minimum atomic E-state index is 0.669. The van der Waals surface area contributed by atoms with E-state index in [0.717, 1.165) is 35.2 Å². The first-order chi connectivity index (χ1) is 9.20. The molecule has 2 rings (SSSR count). The second-order valence-corrected chi connectivity index (χ2v) is 5.27. The predicted molar refractivity (Wildman–Crippen MR) is 79.0 cm³/mol. The van der Waals surface area contributed by atoms with Crippen LogP contribution in [0, 0.1) is 18.3 Å². The number of anilines is 1. The number of halogens is 1. The van der Waals surface area contributed by atoms with Gasteiger partial charge in [-0.05, 0) is 43.5 Å². The average Bonchev–Trinajstić information content (AvgIpc) is 2.80. The van der Waals surface area contributed by atoms with Crippen molar-refractivity contribution in [2.45, 2.75) is 19.8 Å². The quantitative estimate of drug-likeness (QED) is 0.830. The van der Waals surface area contributed by atoms with Gasteiger partial charge in [-0.2, -0.15) is 10.4 Å². The van der Waals surface area contributed by atoms with Crippen LogP contribution in [0.1, 0.15) is 23.2 Å². The number of benzene rings is 1. The number of nitrogens with one attached hydrogen (secondary N) is 2. The standard InChI is InChI=1S/C14H15BrN4/c1-10-12(9-18-19-10)3-2-6-17-14-7-13(15)5-4-11(14)8-16/h4-5,7,9,17H,2-3,6H2,1H3,(H,18,19). The van der Waals surface area contributed by atoms with Crippen molar-refractivity contribution in [2.75, 3.05) is 11.9 Å². The summed E-state index contributed by atoms with van der Waals surface area (Å²) in [6, 6.07) is 7.81. The molecule has 0 spiro atoms. The Morgan fingerprint density at radius 2 is 2.32 bits per heavy atom. The summed E-state index contributed by atoms with van der Waals surface area (Å²) in [4.78, 5) is 0. The molecule has 0 saturated carbocycles. The first-order valence-electron chi connectivity index (χ1n) is 6.13. The summed E-state index contributed by atoms with van der Waals surface area (Å²) in [5.41, 5.74) is 3.92. The molecule has 0 unspecified atom stereocenters. The molecule has 0 fully saturated rings. The number of nitrogens with zero attached hydrogens (tertiary/aromatic N) is 2. The van der Waals surface area contributed by atoms with Gasteiger partial charge in [-0.25, -0.2) is 0 Å². The summed E-state index contributed by atoms with van der Waals surface area (Å²) < 4.78 is 0.972. The van der Waals surface area contributed by atoms with Crippen LogP contribution in [0.3, 0.4) is 0 Å². The van der Waals surface area contributed by atoms with Crippen molar-refractivity contribution < 1.29 is 0 Å². The molecule has 4 nitrogen and oxygen atoms in total. The highest BCUT2D eigenvalue weighted by Gasteiger charge is 2.03. The minimum absolute atomic E-state index is 0.669. The Hall–Kier alpha value is -1.80. The van der Waals surface area contributed by atoms with Crippen molar-refractivity contribution in [1.29, 1.82) is 5.26 Å². The maximum absolute atomic E-state index is 9.03. The average molecular weight is 319 g/mol. The third kappa shape index (κ3) is 3.58. The van der Waals surface area contributed by atoms with Crippen LogP contribution in [-0.4, -0.2) is 16.7 Å². The molecule has 98 valence electrons. The number of hydrogen-bond donors (Lipinski definition) is 2. The van der Waals surface area contributed by atoms with Crippen LogP contribution < -0.4 is 5.32 Å². The smallest absolute Gasteiger partial charge is 0.101 e. The highest BCUT2D eigenvalue weighted by Crippen LogP contribution is 2.20. The number of aromatic amines is 1. The van der Waals surface area contributed by atoms with Gasteiger partial charge in [-0.15, -0.1) is 0 Å². The number of aromatic nitrogens is 2. The van der Waals surface area contributed by atoms with Gasteiger partial charge in [-0.1, -0.05) is 15.9 Å². The van der Waals surface area contributed by atoms with Crippen LogP contribution in [0.2, 0.25) is 0 Å². The van der Waals surface area contributed by atoms with E-state index in [4.69, 9.17) is 5.26 Å². The molecule has 0 aliphatic carbocycles. The van der Waals surface area contributed by atoms with Crippen molar-refractivity contribution in [3.8, 4) is 6.07 Å². The van der Waals surface area contributed by atoms with E-state index < -0.39 is 0 Å². The van der Waals surface area contributed by atoms with Gasteiger partial charge in [0, 0.05) is 16.7 Å². The second kappa shape index (κ2) is 6.39. The minimum Gasteiger partial charge on any atom is -0.384 e. The second-order valence-electron chi connectivity index (χ2n) is 4.35. The largest absolute Gasteiger partial charge is 0.384 e. The van der Waals surface area contributed by atoms with E-state index >= 15 is 0 Å². The molecular formula is C14H15BrN4. The van der Waals surface area contributed by atoms with E-state index in [1.54, 1.807) is 0 Å². The van der Waals surface area contributed by atoms with Crippen LogP contribution in [0.5, 0.6) is 0 Å². The molecule has 2 N–H and O–H groups in total. The molecule has 0 bridgehead atoms. The maximum Gasteiger partial charge on any atom is 0.101 e. The number of H-pyrrole nitrogens is 1. The number of nitriles is 1. The Balaban J connectivity index is 1.88. The Labute approximate surface area is 121 Å². The zero-order valence-electron chi connectivity index (χ0n) is 10.7. The first-order valence-corrected chi connectivity index (χ1v) is 6.92. The topological polar surface area (TPSA) is 64.5 Å². The molecular weight excluding hydrogens is 304 g/mol. The molecule has 0 aliphatic rings. The fraction of sp³-hybridized carbons (Fsp3) is 0.286. The summed E-state index contributed by atoms with van der Waals surface area (Å²) in [5.74, 6) is 0. The molecule has 0 atom stereocenters. The van der Waals surface area contributed by atoms with Crippen molar-refractivity contribution >= 4 is 21.6 Å². The van der Waals surface area contributed by atoms with E-state index in [-0.39, 0.29) is 0 Å². The lowest BCUT2D eigenvalue weighted by atomic mass is 10.1. The van der Waals surface area contributed by atoms with E-state index in [0.29, 0.717) is 5.56 Å². The van der Waals surface area contributed by atoms with Crippen molar-refractivity contribution in [3.63, 3.8) is 0 Å². The summed E-state index contributed by atoms with van der Waals surface area (Å²) in [5, 5.41) is 19.3. The first kappa shape index (κ1) is 13.6. The third-order valence-corrected chi connectivity index (χ3v) is 3.47. The van der Waals surface area contributed by atoms with Crippen LogP contribution in [0.25, 0.3) is 0 Å². The van der Waals surface area contributed by atoms with E-state index in [9.17, 15) is 0 Å². The normalized spacial score (nSPS) is 10.2. The molecule has 1 heterocycles. The Morgan fingerprint density at radius 3 is 3.00 bits per heavy atom. The Bertz CT molecular complexity index is 598. The fourth-order valence-electron chi connectivity index (χ4n) is 1.89. The number of aryl methyl sites for hydroxylation is 2. The van der Waals surface area contributed by atoms with Crippen LogP contribution in [-0.2, 0) is 6.42 Å². The van der Waals surface area contributed by atoms with Gasteiger partial charge in [0.2, 0.25) is 0 Å².